The van der Waals surface area contributed by atoms with Crippen molar-refractivity contribution in [3.05, 3.63) is 16.8 Å². The summed E-state index contributed by atoms with van der Waals surface area (Å²) in [5.74, 6) is -0.288. The van der Waals surface area contributed by atoms with E-state index in [0.717, 1.165) is 5.75 Å². The first-order valence-electron chi connectivity index (χ1n) is 3.54. The molecule has 0 aromatic carbocycles. The summed E-state index contributed by atoms with van der Waals surface area (Å²) in [6.45, 7) is 1.91. The summed E-state index contributed by atoms with van der Waals surface area (Å²) in [4.78, 5) is 10.7. The number of halogens is 1. The molecule has 0 unspecified atom stereocenters. The lowest BCUT2D eigenvalue weighted by Gasteiger charge is -2.01. The fourth-order valence-corrected chi connectivity index (χ4v) is 1.57. The van der Waals surface area contributed by atoms with E-state index in [2.05, 4.69) is 10.2 Å². The van der Waals surface area contributed by atoms with Crippen LogP contribution in [0.5, 0.6) is 0 Å². The Morgan fingerprint density at radius 3 is 2.92 bits per heavy atom. The number of aromatic nitrogens is 2. The first kappa shape index (κ1) is 10.3. The predicted octanol–water partition coefficient (Wildman–Crippen LogP) is 1.94. The number of rotatable bonds is 3. The van der Waals surface area contributed by atoms with E-state index in [1.165, 1.54) is 17.8 Å². The third-order valence-electron chi connectivity index (χ3n) is 1.24. The second-order valence-electron chi connectivity index (χ2n) is 2.12. The van der Waals surface area contributed by atoms with Crippen LogP contribution in [0, 0.1) is 0 Å². The molecule has 0 atom stereocenters. The van der Waals surface area contributed by atoms with Gasteiger partial charge in [-0.05, 0) is 11.8 Å². The summed E-state index contributed by atoms with van der Waals surface area (Å²) >= 11 is 6.84. The van der Waals surface area contributed by atoms with Gasteiger partial charge < -0.3 is 5.11 Å². The Labute approximate surface area is 84.3 Å². The molecule has 0 saturated heterocycles. The number of aromatic carboxylic acids is 1. The zero-order valence-corrected chi connectivity index (χ0v) is 8.39. The highest BCUT2D eigenvalue weighted by molar-refractivity contribution is 7.99. The van der Waals surface area contributed by atoms with E-state index in [9.17, 15) is 4.79 Å². The number of carboxylic acids is 1. The van der Waals surface area contributed by atoms with E-state index in [0.29, 0.717) is 5.03 Å². The highest BCUT2D eigenvalue weighted by atomic mass is 35.5. The van der Waals surface area contributed by atoms with Gasteiger partial charge in [0.2, 0.25) is 0 Å². The Morgan fingerprint density at radius 1 is 1.69 bits per heavy atom. The first-order valence-corrected chi connectivity index (χ1v) is 4.90. The smallest absolute Gasteiger partial charge is 0.338 e. The molecule has 0 aliphatic carbocycles. The maximum absolute atomic E-state index is 10.7. The third-order valence-corrected chi connectivity index (χ3v) is 2.29. The zero-order valence-electron chi connectivity index (χ0n) is 6.82. The van der Waals surface area contributed by atoms with Gasteiger partial charge in [-0.25, -0.2) is 4.79 Å². The average Bonchev–Trinajstić information content (AvgIpc) is 2.08. The summed E-state index contributed by atoms with van der Waals surface area (Å²) in [6, 6.07) is 1.30. The van der Waals surface area contributed by atoms with Crippen LogP contribution in [0.4, 0.5) is 0 Å². The number of nitrogens with zero attached hydrogens (tertiary/aromatic N) is 2. The van der Waals surface area contributed by atoms with E-state index >= 15 is 0 Å². The summed E-state index contributed by atoms with van der Waals surface area (Å²) in [5.41, 5.74) is 0.104. The Kier molecular flexibility index (Phi) is 3.50. The van der Waals surface area contributed by atoms with Crippen molar-refractivity contribution in [3.8, 4) is 0 Å². The Morgan fingerprint density at radius 2 is 2.38 bits per heavy atom. The number of hydrogen-bond donors (Lipinski definition) is 1. The van der Waals surface area contributed by atoms with Gasteiger partial charge in [-0.3, -0.25) is 0 Å². The van der Waals surface area contributed by atoms with Crippen molar-refractivity contribution < 1.29 is 9.90 Å². The van der Waals surface area contributed by atoms with Gasteiger partial charge >= 0.3 is 5.97 Å². The molecule has 0 aliphatic rings. The van der Waals surface area contributed by atoms with E-state index in [1.807, 2.05) is 6.92 Å². The summed E-state index contributed by atoms with van der Waals surface area (Å²) in [5, 5.41) is 16.5. The third kappa shape index (κ3) is 2.57. The highest BCUT2D eigenvalue weighted by Gasteiger charge is 2.12. The van der Waals surface area contributed by atoms with Crippen molar-refractivity contribution in [1.29, 1.82) is 0 Å². The average molecular weight is 219 g/mol. The van der Waals surface area contributed by atoms with Crippen molar-refractivity contribution >= 4 is 29.3 Å². The zero-order chi connectivity index (χ0) is 9.84. The van der Waals surface area contributed by atoms with Crippen LogP contribution in [0.25, 0.3) is 0 Å². The molecule has 0 amide bonds. The number of carbonyl (C=O) groups is 1. The van der Waals surface area contributed by atoms with Crippen LogP contribution in [0.3, 0.4) is 0 Å². The van der Waals surface area contributed by atoms with Crippen LogP contribution in [-0.2, 0) is 0 Å². The Bertz CT molecular complexity index is 332. The normalized spacial score (nSPS) is 10.0. The molecule has 0 aliphatic heterocycles. The number of hydrogen-bond acceptors (Lipinski definition) is 4. The molecule has 6 heteroatoms. The first-order chi connectivity index (χ1) is 6.15. The number of carboxylic acid groups (broad SMARTS) is 1. The Balaban J connectivity index is 3.10. The molecule has 13 heavy (non-hydrogen) atoms. The van der Waals surface area contributed by atoms with Crippen LogP contribution >= 0.6 is 23.4 Å². The van der Waals surface area contributed by atoms with Crippen LogP contribution in [0.2, 0.25) is 5.15 Å². The molecule has 0 spiro atoms. The molecule has 1 N–H and O–H groups in total. The van der Waals surface area contributed by atoms with Crippen molar-refractivity contribution in [2.75, 3.05) is 5.75 Å². The largest absolute Gasteiger partial charge is 0.478 e. The van der Waals surface area contributed by atoms with Crippen LogP contribution < -0.4 is 0 Å². The van der Waals surface area contributed by atoms with Gasteiger partial charge in [0.1, 0.15) is 5.03 Å². The quantitative estimate of drug-likeness (QED) is 0.786. The molecule has 1 rings (SSSR count). The fourth-order valence-electron chi connectivity index (χ4n) is 0.753. The van der Waals surface area contributed by atoms with Gasteiger partial charge in [-0.2, -0.15) is 0 Å². The van der Waals surface area contributed by atoms with E-state index in [1.54, 1.807) is 0 Å². The molecule has 0 radical (unpaired) electrons. The minimum Gasteiger partial charge on any atom is -0.478 e. The topological polar surface area (TPSA) is 63.1 Å². The van der Waals surface area contributed by atoms with Gasteiger partial charge in [0.15, 0.2) is 5.15 Å². The molecule has 4 nitrogen and oxygen atoms in total. The van der Waals surface area contributed by atoms with Crippen molar-refractivity contribution in [2.45, 2.75) is 11.9 Å². The molecule has 0 saturated carbocycles. The van der Waals surface area contributed by atoms with Gasteiger partial charge in [-0.15, -0.1) is 22.0 Å². The summed E-state index contributed by atoms with van der Waals surface area (Å²) in [6.07, 6.45) is 0. The predicted molar refractivity (Wildman–Crippen MR) is 50.4 cm³/mol. The fraction of sp³-hybridized carbons (Fsp3) is 0.286. The second kappa shape index (κ2) is 4.43. The Hall–Kier alpha value is -0.810. The van der Waals surface area contributed by atoms with Crippen LogP contribution in [0.15, 0.2) is 11.1 Å². The van der Waals surface area contributed by atoms with E-state index in [-0.39, 0.29) is 10.7 Å². The second-order valence-corrected chi connectivity index (χ2v) is 3.76. The van der Waals surface area contributed by atoms with Crippen molar-refractivity contribution in [2.24, 2.45) is 0 Å². The SMILES string of the molecule is CCSc1nnc(Cl)cc1C(=O)O. The minimum atomic E-state index is -1.03. The van der Waals surface area contributed by atoms with Gasteiger partial charge in [0.05, 0.1) is 5.56 Å². The standard InChI is InChI=1S/C7H7ClN2O2S/c1-2-13-6-4(7(11)12)3-5(8)9-10-6/h3H,2H2,1H3,(H,11,12). The molecule has 1 aromatic heterocycles. The molecular weight excluding hydrogens is 212 g/mol. The maximum Gasteiger partial charge on any atom is 0.338 e. The molecule has 0 bridgehead atoms. The summed E-state index contributed by atoms with van der Waals surface area (Å²) in [7, 11) is 0. The van der Waals surface area contributed by atoms with Gasteiger partial charge in [0, 0.05) is 0 Å². The lowest BCUT2D eigenvalue weighted by Crippen LogP contribution is -2.02. The number of thioether (sulfide) groups is 1. The highest BCUT2D eigenvalue weighted by Crippen LogP contribution is 2.20. The molecule has 1 heterocycles. The lowest BCUT2D eigenvalue weighted by molar-refractivity contribution is 0.0692. The lowest BCUT2D eigenvalue weighted by atomic mass is 10.3. The molecular formula is C7H7ClN2O2S. The maximum atomic E-state index is 10.7. The van der Waals surface area contributed by atoms with E-state index < -0.39 is 5.97 Å². The van der Waals surface area contributed by atoms with Gasteiger partial charge in [0.25, 0.3) is 0 Å². The van der Waals surface area contributed by atoms with Crippen LogP contribution in [0.1, 0.15) is 17.3 Å². The summed E-state index contributed by atoms with van der Waals surface area (Å²) < 4.78 is 0. The van der Waals surface area contributed by atoms with Crippen molar-refractivity contribution in [3.63, 3.8) is 0 Å². The van der Waals surface area contributed by atoms with Crippen LogP contribution in [-0.4, -0.2) is 27.0 Å². The molecule has 1 aromatic rings. The van der Waals surface area contributed by atoms with Gasteiger partial charge in [-0.1, -0.05) is 18.5 Å². The van der Waals surface area contributed by atoms with Crippen molar-refractivity contribution in [1.82, 2.24) is 10.2 Å². The molecule has 70 valence electrons. The minimum absolute atomic E-state index is 0.0952. The van der Waals surface area contributed by atoms with E-state index in [4.69, 9.17) is 16.7 Å². The monoisotopic (exact) mass is 218 g/mol. The molecule has 0 fully saturated rings.